The van der Waals surface area contributed by atoms with Gasteiger partial charge in [-0.15, -0.1) is 0 Å². The van der Waals surface area contributed by atoms with Gasteiger partial charge in [-0.25, -0.2) is 0 Å². The van der Waals surface area contributed by atoms with E-state index >= 15 is 0 Å². The molecule has 0 fully saturated rings. The van der Waals surface area contributed by atoms with Crippen LogP contribution >= 0.6 is 0 Å². The molecule has 1 aromatic rings. The van der Waals surface area contributed by atoms with Crippen LogP contribution in [0.15, 0.2) is 24.3 Å². The van der Waals surface area contributed by atoms with E-state index in [1.165, 1.54) is 11.1 Å². The maximum atomic E-state index is 8.88. The van der Waals surface area contributed by atoms with Crippen molar-refractivity contribution in [1.29, 1.82) is 10.5 Å². The molecule has 0 saturated heterocycles. The summed E-state index contributed by atoms with van der Waals surface area (Å²) in [5, 5.41) is 17.8. The van der Waals surface area contributed by atoms with Crippen LogP contribution < -0.4 is 0 Å². The maximum absolute atomic E-state index is 8.88. The molecular weight excluding hydrogens is 196 g/mol. The van der Waals surface area contributed by atoms with Crippen molar-refractivity contribution in [2.24, 2.45) is 11.8 Å². The smallest absolute Gasteiger partial charge is 0.136 e. The molecule has 0 unspecified atom stereocenters. The summed E-state index contributed by atoms with van der Waals surface area (Å²) in [6, 6.07) is 12.4. The van der Waals surface area contributed by atoms with Crippen molar-refractivity contribution in [1.82, 2.24) is 0 Å². The van der Waals surface area contributed by atoms with Gasteiger partial charge >= 0.3 is 0 Å². The topological polar surface area (TPSA) is 47.6 Å². The first-order chi connectivity index (χ1) is 7.71. The molecule has 0 aliphatic heterocycles. The maximum Gasteiger partial charge on any atom is 0.136 e. The van der Waals surface area contributed by atoms with Crippen molar-refractivity contribution >= 4 is 0 Å². The van der Waals surface area contributed by atoms with E-state index in [1.54, 1.807) is 0 Å². The lowest BCUT2D eigenvalue weighted by atomic mass is 9.86. The highest BCUT2D eigenvalue weighted by molar-refractivity contribution is 5.22. The number of nitrogens with zero attached hydrogens (tertiary/aromatic N) is 2. The summed E-state index contributed by atoms with van der Waals surface area (Å²) in [4.78, 5) is 0. The molecular formula is C14H16N2. The number of aryl methyl sites for hydroxylation is 1. The Bertz CT molecular complexity index is 392. The molecule has 16 heavy (non-hydrogen) atoms. The van der Waals surface area contributed by atoms with Gasteiger partial charge in [-0.3, -0.25) is 0 Å². The van der Waals surface area contributed by atoms with Gasteiger partial charge in [0.1, 0.15) is 5.92 Å². The molecule has 0 aromatic heterocycles. The van der Waals surface area contributed by atoms with Crippen LogP contribution in [0.4, 0.5) is 0 Å². The van der Waals surface area contributed by atoms with E-state index in [0.717, 1.165) is 12.8 Å². The molecule has 0 bridgehead atoms. The first-order valence-electron chi connectivity index (χ1n) is 5.56. The van der Waals surface area contributed by atoms with Crippen LogP contribution in [-0.4, -0.2) is 0 Å². The van der Waals surface area contributed by atoms with Gasteiger partial charge in [-0.1, -0.05) is 43.2 Å². The summed E-state index contributed by atoms with van der Waals surface area (Å²) in [5.74, 6) is -0.357. The van der Waals surface area contributed by atoms with Gasteiger partial charge in [-0.05, 0) is 24.8 Å². The molecule has 1 atom stereocenters. The van der Waals surface area contributed by atoms with E-state index in [9.17, 15) is 0 Å². The van der Waals surface area contributed by atoms with E-state index in [-0.39, 0.29) is 5.92 Å². The number of hydrogen-bond donors (Lipinski definition) is 0. The highest BCUT2D eigenvalue weighted by atomic mass is 14.3. The number of nitriles is 2. The Hall–Kier alpha value is -1.80. The Morgan fingerprint density at radius 2 is 1.69 bits per heavy atom. The second-order valence-corrected chi connectivity index (χ2v) is 4.09. The van der Waals surface area contributed by atoms with Crippen molar-refractivity contribution in [2.75, 3.05) is 0 Å². The van der Waals surface area contributed by atoms with Crippen LogP contribution in [0.25, 0.3) is 0 Å². The summed E-state index contributed by atoms with van der Waals surface area (Å²) >= 11 is 0. The molecule has 0 amide bonds. The van der Waals surface area contributed by atoms with Crippen molar-refractivity contribution in [2.45, 2.75) is 26.7 Å². The zero-order chi connectivity index (χ0) is 12.0. The normalized spacial score (nSPS) is 11.8. The van der Waals surface area contributed by atoms with E-state index in [2.05, 4.69) is 43.3 Å². The zero-order valence-corrected chi connectivity index (χ0v) is 9.77. The molecule has 0 heterocycles. The first-order valence-corrected chi connectivity index (χ1v) is 5.56. The van der Waals surface area contributed by atoms with E-state index in [1.807, 2.05) is 6.92 Å². The van der Waals surface area contributed by atoms with E-state index < -0.39 is 5.92 Å². The van der Waals surface area contributed by atoms with Gasteiger partial charge in [0.25, 0.3) is 0 Å². The predicted octanol–water partition coefficient (Wildman–Crippen LogP) is 3.23. The zero-order valence-electron chi connectivity index (χ0n) is 9.77. The van der Waals surface area contributed by atoms with Crippen molar-refractivity contribution in [3.05, 3.63) is 35.4 Å². The second kappa shape index (κ2) is 5.93. The summed E-state index contributed by atoms with van der Waals surface area (Å²) in [6.45, 7) is 4.08. The molecule has 1 rings (SSSR count). The number of rotatable bonds is 4. The Morgan fingerprint density at radius 3 is 2.12 bits per heavy atom. The fourth-order valence-electron chi connectivity index (χ4n) is 1.76. The molecule has 0 N–H and O–H groups in total. The largest absolute Gasteiger partial charge is 0.197 e. The third-order valence-electron chi connectivity index (χ3n) is 2.89. The lowest BCUT2D eigenvalue weighted by Gasteiger charge is -2.15. The fourth-order valence-corrected chi connectivity index (χ4v) is 1.76. The van der Waals surface area contributed by atoms with Gasteiger partial charge in [0, 0.05) is 0 Å². The number of benzene rings is 1. The summed E-state index contributed by atoms with van der Waals surface area (Å²) < 4.78 is 0. The van der Waals surface area contributed by atoms with Crippen LogP contribution in [-0.2, 0) is 6.42 Å². The van der Waals surface area contributed by atoms with Gasteiger partial charge in [0.2, 0.25) is 0 Å². The molecule has 0 spiro atoms. The molecule has 0 radical (unpaired) electrons. The fraction of sp³-hybridized carbons (Fsp3) is 0.429. The standard InChI is InChI=1S/C14H16N2/c1-3-13(14(9-15)10-16)8-12-6-4-11(2)5-7-12/h4-7,13-14H,3,8H2,1-2H3/t13-/m0/s1. The Labute approximate surface area is 97.1 Å². The van der Waals surface area contributed by atoms with Gasteiger partial charge in [0.15, 0.2) is 0 Å². The second-order valence-electron chi connectivity index (χ2n) is 4.09. The van der Waals surface area contributed by atoms with Gasteiger partial charge in [0.05, 0.1) is 12.1 Å². The minimum atomic E-state index is -0.494. The molecule has 0 aliphatic rings. The highest BCUT2D eigenvalue weighted by Gasteiger charge is 2.19. The van der Waals surface area contributed by atoms with Crippen LogP contribution in [0.3, 0.4) is 0 Å². The summed E-state index contributed by atoms with van der Waals surface area (Å²) in [5.41, 5.74) is 2.43. The summed E-state index contributed by atoms with van der Waals surface area (Å²) in [6.07, 6.45) is 1.67. The van der Waals surface area contributed by atoms with Gasteiger partial charge in [-0.2, -0.15) is 10.5 Å². The monoisotopic (exact) mass is 212 g/mol. The molecule has 0 saturated carbocycles. The van der Waals surface area contributed by atoms with Crippen molar-refractivity contribution < 1.29 is 0 Å². The van der Waals surface area contributed by atoms with Crippen LogP contribution in [0.2, 0.25) is 0 Å². The lowest BCUT2D eigenvalue weighted by Crippen LogP contribution is -2.13. The molecule has 82 valence electrons. The third kappa shape index (κ3) is 3.11. The van der Waals surface area contributed by atoms with E-state index in [0.29, 0.717) is 0 Å². The average molecular weight is 212 g/mol. The Balaban J connectivity index is 2.75. The SMILES string of the molecule is CC[C@@H](Cc1ccc(C)cc1)C(C#N)C#N. The molecule has 2 nitrogen and oxygen atoms in total. The third-order valence-corrected chi connectivity index (χ3v) is 2.89. The first kappa shape index (κ1) is 12.3. The van der Waals surface area contributed by atoms with Crippen molar-refractivity contribution in [3.63, 3.8) is 0 Å². The predicted molar refractivity (Wildman–Crippen MR) is 63.4 cm³/mol. The van der Waals surface area contributed by atoms with Crippen LogP contribution in [0, 0.1) is 41.4 Å². The quantitative estimate of drug-likeness (QED) is 0.769. The van der Waals surface area contributed by atoms with Gasteiger partial charge < -0.3 is 0 Å². The lowest BCUT2D eigenvalue weighted by molar-refractivity contribution is 0.450. The molecule has 2 heteroatoms. The summed E-state index contributed by atoms with van der Waals surface area (Å²) in [7, 11) is 0. The Morgan fingerprint density at radius 1 is 1.12 bits per heavy atom. The van der Waals surface area contributed by atoms with Crippen molar-refractivity contribution in [3.8, 4) is 12.1 Å². The Kier molecular flexibility index (Phi) is 4.55. The minimum absolute atomic E-state index is 0.137. The number of hydrogen-bond acceptors (Lipinski definition) is 2. The molecule has 0 aliphatic carbocycles. The van der Waals surface area contributed by atoms with E-state index in [4.69, 9.17) is 10.5 Å². The highest BCUT2D eigenvalue weighted by Crippen LogP contribution is 2.20. The minimum Gasteiger partial charge on any atom is -0.197 e. The van der Waals surface area contributed by atoms with Crippen LogP contribution in [0.1, 0.15) is 24.5 Å². The average Bonchev–Trinajstić information content (AvgIpc) is 2.32. The molecule has 1 aromatic carbocycles. The van der Waals surface area contributed by atoms with Crippen LogP contribution in [0.5, 0.6) is 0 Å².